The van der Waals surface area contributed by atoms with E-state index in [-0.39, 0.29) is 36.2 Å². The number of carbonyl (C=O) groups excluding carboxylic acids is 3. The molecule has 1 aromatic heterocycles. The van der Waals surface area contributed by atoms with Crippen molar-refractivity contribution >= 4 is 17.7 Å². The number of amides is 3. The summed E-state index contributed by atoms with van der Waals surface area (Å²) in [6.45, 7) is 4.90. The SMILES string of the molecule is CC(C)[C@H](CC1(c2nnn[nH]2)c2ccc(C(=O)N(C)C)cc2CCc2cc(C(=O)N(C)C)ccc21)NCC(=O)N1CCCC1C#N. The monoisotopic (exact) mass is 625 g/mol. The zero-order valence-electron chi connectivity index (χ0n) is 27.5. The summed E-state index contributed by atoms with van der Waals surface area (Å²) in [5.74, 6) is 0.371. The molecular weight excluding hydrogens is 582 g/mol. The number of likely N-dealkylation sites (tertiary alicyclic amines) is 1. The molecule has 1 aliphatic heterocycles. The van der Waals surface area contributed by atoms with E-state index in [2.05, 4.69) is 45.9 Å². The van der Waals surface area contributed by atoms with E-state index in [0.29, 0.717) is 49.2 Å². The number of fused-ring (bicyclic) bond motifs is 2. The number of aryl methyl sites for hydroxylation is 2. The number of aromatic amines is 1. The predicted molar refractivity (Wildman–Crippen MR) is 172 cm³/mol. The van der Waals surface area contributed by atoms with Crippen molar-refractivity contribution in [2.75, 3.05) is 41.3 Å². The van der Waals surface area contributed by atoms with Crippen molar-refractivity contribution in [2.45, 2.75) is 63.5 Å². The van der Waals surface area contributed by atoms with Gasteiger partial charge in [-0.1, -0.05) is 26.0 Å². The van der Waals surface area contributed by atoms with Gasteiger partial charge in [-0.05, 0) is 95.0 Å². The summed E-state index contributed by atoms with van der Waals surface area (Å²) in [5, 5.41) is 28.7. The third-order valence-corrected chi connectivity index (χ3v) is 9.42. The molecule has 1 saturated heterocycles. The molecule has 3 amide bonds. The zero-order chi connectivity index (χ0) is 33.2. The van der Waals surface area contributed by atoms with Crippen LogP contribution >= 0.6 is 0 Å². The van der Waals surface area contributed by atoms with Crippen molar-refractivity contribution in [3.05, 3.63) is 75.6 Å². The molecule has 12 heteroatoms. The average molecular weight is 626 g/mol. The van der Waals surface area contributed by atoms with Gasteiger partial charge in [-0.15, -0.1) is 5.10 Å². The van der Waals surface area contributed by atoms with Crippen LogP contribution in [0.25, 0.3) is 0 Å². The van der Waals surface area contributed by atoms with Crippen molar-refractivity contribution in [3.63, 3.8) is 0 Å². The minimum absolute atomic E-state index is 0.0896. The van der Waals surface area contributed by atoms with E-state index >= 15 is 0 Å². The van der Waals surface area contributed by atoms with Gasteiger partial charge in [-0.25, -0.2) is 5.10 Å². The highest BCUT2D eigenvalue weighted by Crippen LogP contribution is 2.47. The molecule has 2 atom stereocenters. The lowest BCUT2D eigenvalue weighted by molar-refractivity contribution is -0.130. The van der Waals surface area contributed by atoms with Crippen molar-refractivity contribution in [1.29, 1.82) is 5.26 Å². The molecule has 0 saturated carbocycles. The van der Waals surface area contributed by atoms with E-state index in [4.69, 9.17) is 0 Å². The molecule has 0 radical (unpaired) electrons. The fourth-order valence-electron chi connectivity index (χ4n) is 6.94. The molecule has 1 fully saturated rings. The highest BCUT2D eigenvalue weighted by molar-refractivity contribution is 5.95. The van der Waals surface area contributed by atoms with Crippen molar-refractivity contribution in [1.82, 2.24) is 40.6 Å². The summed E-state index contributed by atoms with van der Waals surface area (Å²) < 4.78 is 0. The Morgan fingerprint density at radius 2 is 1.61 bits per heavy atom. The van der Waals surface area contributed by atoms with Crippen molar-refractivity contribution < 1.29 is 14.4 Å². The fourth-order valence-corrected chi connectivity index (χ4v) is 6.94. The molecule has 12 nitrogen and oxygen atoms in total. The third kappa shape index (κ3) is 6.11. The van der Waals surface area contributed by atoms with E-state index < -0.39 is 11.5 Å². The topological polar surface area (TPSA) is 151 Å². The van der Waals surface area contributed by atoms with Gasteiger partial charge in [0.25, 0.3) is 11.8 Å². The van der Waals surface area contributed by atoms with E-state index in [0.717, 1.165) is 28.7 Å². The quantitative estimate of drug-likeness (QED) is 0.368. The van der Waals surface area contributed by atoms with E-state index in [1.165, 1.54) is 0 Å². The van der Waals surface area contributed by atoms with E-state index in [1.54, 1.807) is 42.9 Å². The molecule has 2 heterocycles. The minimum Gasteiger partial charge on any atom is -0.345 e. The normalized spacial score (nSPS) is 17.4. The molecule has 3 aromatic rings. The van der Waals surface area contributed by atoms with Crippen LogP contribution in [0, 0.1) is 17.2 Å². The van der Waals surface area contributed by atoms with Gasteiger partial charge in [0, 0.05) is 51.9 Å². The molecular formula is C34H43N9O3. The standard InChI is InChI=1S/C34H43N9O3/c1-21(2)29(36-20-30(44)43-15-7-8-26(43)19-35)18-34(33-37-39-40-38-33)27-13-11-24(31(45)41(3)4)16-22(27)9-10-23-17-25(12-14-28(23)34)32(46)42(5)6/h11-14,16-17,21,26,29,36H,7-10,15,18,20H2,1-6H3,(H,37,38,39,40)/t26?,29-/m0/s1. The minimum atomic E-state index is -0.905. The molecule has 1 unspecified atom stereocenters. The second-order valence-electron chi connectivity index (χ2n) is 13.1. The summed E-state index contributed by atoms with van der Waals surface area (Å²) in [4.78, 5) is 44.2. The van der Waals surface area contributed by atoms with Crippen LogP contribution in [-0.4, -0.2) is 106 Å². The Bertz CT molecular complexity index is 1570. The smallest absolute Gasteiger partial charge is 0.253 e. The van der Waals surface area contributed by atoms with Gasteiger partial charge in [-0.3, -0.25) is 14.4 Å². The number of tetrazole rings is 1. The Morgan fingerprint density at radius 3 is 2.09 bits per heavy atom. The maximum absolute atomic E-state index is 13.3. The summed E-state index contributed by atoms with van der Waals surface area (Å²) in [6, 6.07) is 13.3. The zero-order valence-corrected chi connectivity index (χ0v) is 27.5. The Labute approximate surface area is 270 Å². The van der Waals surface area contributed by atoms with Crippen LogP contribution in [0.2, 0.25) is 0 Å². The Balaban J connectivity index is 1.65. The van der Waals surface area contributed by atoms with Crippen LogP contribution in [0.15, 0.2) is 36.4 Å². The number of hydrogen-bond acceptors (Lipinski definition) is 8. The molecule has 2 aliphatic rings. The first-order valence-corrected chi connectivity index (χ1v) is 15.8. The fraction of sp³-hybridized carbons (Fsp3) is 0.500. The number of rotatable bonds is 9. The van der Waals surface area contributed by atoms with Crippen LogP contribution in [0.5, 0.6) is 0 Å². The first-order valence-electron chi connectivity index (χ1n) is 15.8. The van der Waals surface area contributed by atoms with Crippen molar-refractivity contribution in [3.8, 4) is 6.07 Å². The Hall–Kier alpha value is -4.63. The first-order chi connectivity index (χ1) is 22.0. The van der Waals surface area contributed by atoms with Gasteiger partial charge in [0.05, 0.1) is 18.0 Å². The molecule has 242 valence electrons. The van der Waals surface area contributed by atoms with Crippen LogP contribution in [0.4, 0.5) is 0 Å². The van der Waals surface area contributed by atoms with Crippen LogP contribution < -0.4 is 5.32 Å². The van der Waals surface area contributed by atoms with Gasteiger partial charge in [-0.2, -0.15) is 5.26 Å². The number of hydrogen-bond donors (Lipinski definition) is 2. The summed E-state index contributed by atoms with van der Waals surface area (Å²) >= 11 is 0. The number of aromatic nitrogens is 4. The van der Waals surface area contributed by atoms with Crippen LogP contribution in [-0.2, 0) is 23.1 Å². The highest BCUT2D eigenvalue weighted by Gasteiger charge is 2.46. The summed E-state index contributed by atoms with van der Waals surface area (Å²) in [5.41, 5.74) is 4.19. The number of H-pyrrole nitrogens is 1. The summed E-state index contributed by atoms with van der Waals surface area (Å²) in [6.07, 6.45) is 3.29. The van der Waals surface area contributed by atoms with Gasteiger partial charge < -0.3 is 20.0 Å². The maximum atomic E-state index is 13.3. The largest absolute Gasteiger partial charge is 0.345 e. The number of nitrogens with zero attached hydrogens (tertiary/aromatic N) is 7. The Kier molecular flexibility index (Phi) is 9.53. The Morgan fingerprint density at radius 1 is 1.02 bits per heavy atom. The number of nitrogens with one attached hydrogen (secondary N) is 2. The van der Waals surface area contributed by atoms with Crippen LogP contribution in [0.1, 0.15) is 81.9 Å². The molecule has 0 spiro atoms. The second kappa shape index (κ2) is 13.4. The van der Waals surface area contributed by atoms with Gasteiger partial charge in [0.2, 0.25) is 5.91 Å². The predicted octanol–water partition coefficient (Wildman–Crippen LogP) is 2.56. The maximum Gasteiger partial charge on any atom is 0.253 e. The van der Waals surface area contributed by atoms with E-state index in [1.807, 2.05) is 36.4 Å². The summed E-state index contributed by atoms with van der Waals surface area (Å²) in [7, 11) is 6.94. The van der Waals surface area contributed by atoms with Gasteiger partial charge in [0.1, 0.15) is 6.04 Å². The average Bonchev–Trinajstić information content (AvgIpc) is 3.74. The second-order valence-corrected chi connectivity index (χ2v) is 13.1. The van der Waals surface area contributed by atoms with E-state index in [9.17, 15) is 19.6 Å². The lowest BCUT2D eigenvalue weighted by atomic mass is 9.66. The molecule has 2 aromatic carbocycles. The molecule has 46 heavy (non-hydrogen) atoms. The lowest BCUT2D eigenvalue weighted by Gasteiger charge is -2.39. The molecule has 0 bridgehead atoms. The van der Waals surface area contributed by atoms with Gasteiger partial charge >= 0.3 is 0 Å². The number of benzene rings is 2. The first kappa shape index (κ1) is 32.8. The van der Waals surface area contributed by atoms with Crippen LogP contribution in [0.3, 0.4) is 0 Å². The van der Waals surface area contributed by atoms with Crippen molar-refractivity contribution in [2.24, 2.45) is 5.92 Å². The number of nitriles is 1. The third-order valence-electron chi connectivity index (χ3n) is 9.42. The molecule has 1 aliphatic carbocycles. The number of carbonyl (C=O) groups is 3. The molecule has 2 N–H and O–H groups in total. The lowest BCUT2D eigenvalue weighted by Crippen LogP contribution is -2.48. The van der Waals surface area contributed by atoms with Gasteiger partial charge in [0.15, 0.2) is 5.82 Å². The molecule has 5 rings (SSSR count). The highest BCUT2D eigenvalue weighted by atomic mass is 16.2.